The molecule has 0 spiro atoms. The van der Waals surface area contributed by atoms with Crippen molar-refractivity contribution in [3.63, 3.8) is 0 Å². The van der Waals surface area contributed by atoms with E-state index in [0.29, 0.717) is 12.6 Å². The van der Waals surface area contributed by atoms with Gasteiger partial charge in [-0.05, 0) is 38.6 Å². The second-order valence-electron chi connectivity index (χ2n) is 5.23. The molecule has 2 aliphatic rings. The SMILES string of the molecule is OCCN1CCCCN1OCCC1CCCCN1. The number of nitrogens with one attached hydrogen (secondary N) is 1. The highest BCUT2D eigenvalue weighted by Gasteiger charge is 2.20. The minimum absolute atomic E-state index is 0.198. The smallest absolute Gasteiger partial charge is 0.0716 e. The predicted octanol–water partition coefficient (Wildman–Crippen LogP) is 0.755. The van der Waals surface area contributed by atoms with Crippen molar-refractivity contribution >= 4 is 0 Å². The molecule has 106 valence electrons. The highest BCUT2D eigenvalue weighted by molar-refractivity contribution is 4.71. The zero-order chi connectivity index (χ0) is 12.6. The van der Waals surface area contributed by atoms with Crippen molar-refractivity contribution in [2.24, 2.45) is 0 Å². The van der Waals surface area contributed by atoms with Crippen LogP contribution >= 0.6 is 0 Å². The molecule has 2 N–H and O–H groups in total. The van der Waals surface area contributed by atoms with E-state index in [1.165, 1.54) is 32.1 Å². The summed E-state index contributed by atoms with van der Waals surface area (Å²) in [5, 5.41) is 16.7. The van der Waals surface area contributed by atoms with Gasteiger partial charge in [-0.15, -0.1) is 5.17 Å². The third kappa shape index (κ3) is 4.48. The van der Waals surface area contributed by atoms with Gasteiger partial charge in [-0.25, -0.2) is 5.01 Å². The zero-order valence-corrected chi connectivity index (χ0v) is 11.3. The standard InChI is InChI=1S/C13H27N3O2/c17-11-10-15-8-3-4-9-16(15)18-12-6-13-5-1-2-7-14-13/h13-14,17H,1-12H2. The monoisotopic (exact) mass is 257 g/mol. The van der Waals surface area contributed by atoms with E-state index in [4.69, 9.17) is 9.94 Å². The molecule has 0 aromatic carbocycles. The Morgan fingerprint density at radius 2 is 2.06 bits per heavy atom. The van der Waals surface area contributed by atoms with Gasteiger partial charge < -0.3 is 10.4 Å². The average molecular weight is 257 g/mol. The van der Waals surface area contributed by atoms with Gasteiger partial charge in [0.15, 0.2) is 0 Å². The number of β-amino-alcohol motifs (C(OH)–C–C–N with tert-alkyl or cyclic N) is 1. The van der Waals surface area contributed by atoms with Crippen LogP contribution in [0.4, 0.5) is 0 Å². The zero-order valence-electron chi connectivity index (χ0n) is 11.3. The van der Waals surface area contributed by atoms with E-state index >= 15 is 0 Å². The lowest BCUT2D eigenvalue weighted by molar-refractivity contribution is -0.297. The Balaban J connectivity index is 1.64. The molecule has 2 saturated heterocycles. The third-order valence-electron chi connectivity index (χ3n) is 3.81. The van der Waals surface area contributed by atoms with Crippen LogP contribution in [0, 0.1) is 0 Å². The fourth-order valence-electron chi connectivity index (χ4n) is 2.75. The highest BCUT2D eigenvalue weighted by atomic mass is 16.7. The summed E-state index contributed by atoms with van der Waals surface area (Å²) >= 11 is 0. The number of hydrogen-bond acceptors (Lipinski definition) is 5. The number of nitrogens with zero attached hydrogens (tertiary/aromatic N) is 2. The first-order valence-electron chi connectivity index (χ1n) is 7.39. The number of hydrogen-bond donors (Lipinski definition) is 2. The van der Waals surface area contributed by atoms with Crippen LogP contribution in [0.15, 0.2) is 0 Å². The summed E-state index contributed by atoms with van der Waals surface area (Å²) in [5.74, 6) is 0. The topological polar surface area (TPSA) is 48.0 Å². The van der Waals surface area contributed by atoms with Gasteiger partial charge in [-0.2, -0.15) is 0 Å². The highest BCUT2D eigenvalue weighted by Crippen LogP contribution is 2.13. The second-order valence-corrected chi connectivity index (χ2v) is 5.23. The van der Waals surface area contributed by atoms with Crippen LogP contribution in [0.25, 0.3) is 0 Å². The molecule has 2 fully saturated rings. The summed E-state index contributed by atoms with van der Waals surface area (Å²) in [6, 6.07) is 0.634. The number of piperidine rings is 1. The molecule has 1 atom stereocenters. The predicted molar refractivity (Wildman–Crippen MR) is 70.8 cm³/mol. The molecule has 2 heterocycles. The molecular weight excluding hydrogens is 230 g/mol. The van der Waals surface area contributed by atoms with Gasteiger partial charge in [0, 0.05) is 25.7 Å². The van der Waals surface area contributed by atoms with Crippen LogP contribution in [0.2, 0.25) is 0 Å². The molecule has 0 saturated carbocycles. The fourth-order valence-corrected chi connectivity index (χ4v) is 2.75. The van der Waals surface area contributed by atoms with Gasteiger partial charge in [0.2, 0.25) is 0 Å². The van der Waals surface area contributed by atoms with E-state index in [-0.39, 0.29) is 6.61 Å². The van der Waals surface area contributed by atoms with E-state index < -0.39 is 0 Å². The summed E-state index contributed by atoms with van der Waals surface area (Å²) in [6.07, 6.45) is 7.41. The number of aliphatic hydroxyl groups is 1. The first-order chi connectivity index (χ1) is 8.90. The van der Waals surface area contributed by atoms with Crippen LogP contribution in [0.3, 0.4) is 0 Å². The van der Waals surface area contributed by atoms with Crippen molar-refractivity contribution in [1.29, 1.82) is 0 Å². The molecule has 5 heteroatoms. The number of aliphatic hydroxyl groups excluding tert-OH is 1. The van der Waals surface area contributed by atoms with Crippen LogP contribution < -0.4 is 5.32 Å². The van der Waals surface area contributed by atoms with Gasteiger partial charge in [-0.3, -0.25) is 4.84 Å². The van der Waals surface area contributed by atoms with Crippen LogP contribution in [0.5, 0.6) is 0 Å². The molecule has 1 unspecified atom stereocenters. The van der Waals surface area contributed by atoms with E-state index in [2.05, 4.69) is 10.3 Å². The molecule has 0 bridgehead atoms. The van der Waals surface area contributed by atoms with E-state index in [1.54, 1.807) is 0 Å². The summed E-state index contributed by atoms with van der Waals surface area (Å²) in [4.78, 5) is 5.86. The Morgan fingerprint density at radius 3 is 2.83 bits per heavy atom. The lowest BCUT2D eigenvalue weighted by Crippen LogP contribution is -2.48. The van der Waals surface area contributed by atoms with Crippen molar-refractivity contribution in [2.75, 3.05) is 39.4 Å². The Kier molecular flexibility index (Phi) is 6.37. The third-order valence-corrected chi connectivity index (χ3v) is 3.81. The average Bonchev–Trinajstić information content (AvgIpc) is 2.42. The number of hydroxylamine groups is 1. The quantitative estimate of drug-likeness (QED) is 0.735. The first-order valence-corrected chi connectivity index (χ1v) is 7.39. The van der Waals surface area contributed by atoms with Gasteiger partial charge in [-0.1, -0.05) is 6.42 Å². The maximum Gasteiger partial charge on any atom is 0.0716 e. The van der Waals surface area contributed by atoms with E-state index in [0.717, 1.165) is 32.7 Å². The lowest BCUT2D eigenvalue weighted by atomic mass is 10.0. The fraction of sp³-hybridized carbons (Fsp3) is 1.00. The molecule has 18 heavy (non-hydrogen) atoms. The van der Waals surface area contributed by atoms with Gasteiger partial charge in [0.1, 0.15) is 0 Å². The largest absolute Gasteiger partial charge is 0.395 e. The van der Waals surface area contributed by atoms with Crippen LogP contribution in [0.1, 0.15) is 38.5 Å². The summed E-state index contributed by atoms with van der Waals surface area (Å²) in [5.41, 5.74) is 0. The molecule has 0 amide bonds. The molecule has 5 nitrogen and oxygen atoms in total. The van der Waals surface area contributed by atoms with Gasteiger partial charge >= 0.3 is 0 Å². The van der Waals surface area contributed by atoms with Gasteiger partial charge in [0.25, 0.3) is 0 Å². The van der Waals surface area contributed by atoms with Crippen LogP contribution in [-0.4, -0.2) is 60.7 Å². The Hall–Kier alpha value is -0.200. The Bertz CT molecular complexity index is 220. The van der Waals surface area contributed by atoms with Crippen molar-refractivity contribution in [3.8, 4) is 0 Å². The number of hydrazine groups is 1. The Labute approximate surface area is 110 Å². The summed E-state index contributed by atoms with van der Waals surface area (Å²) in [6.45, 7) is 4.77. The molecule has 0 aliphatic carbocycles. The van der Waals surface area contributed by atoms with Crippen LogP contribution in [-0.2, 0) is 4.84 Å². The normalized spacial score (nSPS) is 27.5. The molecule has 0 aromatic rings. The van der Waals surface area contributed by atoms with Crippen molar-refractivity contribution < 1.29 is 9.94 Å². The maximum atomic E-state index is 9.03. The minimum atomic E-state index is 0.198. The molecule has 0 radical (unpaired) electrons. The van der Waals surface area contributed by atoms with Crippen molar-refractivity contribution in [2.45, 2.75) is 44.6 Å². The first kappa shape index (κ1) is 14.2. The molecule has 2 aliphatic heterocycles. The number of rotatable bonds is 6. The van der Waals surface area contributed by atoms with E-state index in [9.17, 15) is 0 Å². The van der Waals surface area contributed by atoms with Crippen molar-refractivity contribution in [3.05, 3.63) is 0 Å². The minimum Gasteiger partial charge on any atom is -0.395 e. The molecule has 2 rings (SSSR count). The molecule has 0 aromatic heterocycles. The maximum absolute atomic E-state index is 9.03. The van der Waals surface area contributed by atoms with Gasteiger partial charge in [0.05, 0.1) is 13.2 Å². The van der Waals surface area contributed by atoms with Crippen molar-refractivity contribution in [1.82, 2.24) is 15.5 Å². The second kappa shape index (κ2) is 8.07. The lowest BCUT2D eigenvalue weighted by Gasteiger charge is -2.37. The summed E-state index contributed by atoms with van der Waals surface area (Å²) < 4.78 is 0. The molecular formula is C13H27N3O2. The summed E-state index contributed by atoms with van der Waals surface area (Å²) in [7, 11) is 0. The van der Waals surface area contributed by atoms with E-state index in [1.807, 2.05) is 5.17 Å². The Morgan fingerprint density at radius 1 is 1.17 bits per heavy atom.